The predicted octanol–water partition coefficient (Wildman–Crippen LogP) is 8.38. The van der Waals surface area contributed by atoms with Gasteiger partial charge in [-0.15, -0.1) is 0 Å². The quantitative estimate of drug-likeness (QED) is 0.124. The molecule has 1 fully saturated rings. The number of ether oxygens (including phenoxy) is 1. The van der Waals surface area contributed by atoms with Crippen LogP contribution in [-0.4, -0.2) is 56.1 Å². The van der Waals surface area contributed by atoms with Gasteiger partial charge in [-0.1, -0.05) is 65.7 Å². The van der Waals surface area contributed by atoms with Crippen LogP contribution in [0.4, 0.5) is 16.3 Å². The second-order valence-electron chi connectivity index (χ2n) is 14.7. The fourth-order valence-corrected chi connectivity index (χ4v) is 7.85. The lowest BCUT2D eigenvalue weighted by atomic mass is 9.88. The Morgan fingerprint density at radius 2 is 1.64 bits per heavy atom. The van der Waals surface area contributed by atoms with Crippen molar-refractivity contribution < 1.29 is 19.1 Å². The van der Waals surface area contributed by atoms with Gasteiger partial charge >= 0.3 is 6.09 Å². The monoisotopic (exact) mass is 776 g/mol. The molecule has 4 N–H and O–H groups in total. The number of amides is 3. The molecule has 5 heterocycles. The van der Waals surface area contributed by atoms with Crippen LogP contribution in [0.2, 0.25) is 10.0 Å². The van der Waals surface area contributed by atoms with E-state index in [0.29, 0.717) is 53.2 Å². The first-order valence-corrected chi connectivity index (χ1v) is 18.7. The van der Waals surface area contributed by atoms with Crippen LogP contribution in [0.1, 0.15) is 61.3 Å². The minimum atomic E-state index is -0.724. The fraction of sp³-hybridized carbons (Fsp3) is 0.244. The molecule has 2 aliphatic rings. The molecule has 0 aliphatic carbocycles. The predicted molar refractivity (Wildman–Crippen MR) is 213 cm³/mol. The third-order valence-electron chi connectivity index (χ3n) is 9.84. The minimum absolute atomic E-state index is 0.291. The number of anilines is 2. The summed E-state index contributed by atoms with van der Waals surface area (Å²) in [7, 11) is 0. The summed E-state index contributed by atoms with van der Waals surface area (Å²) in [5.41, 5.74) is 10.8. The highest BCUT2D eigenvalue weighted by Crippen LogP contribution is 2.50. The normalized spacial score (nSPS) is 15.4. The highest BCUT2D eigenvalue weighted by atomic mass is 35.5. The van der Waals surface area contributed by atoms with E-state index in [1.54, 1.807) is 33.0 Å². The second kappa shape index (κ2) is 14.4. The van der Waals surface area contributed by atoms with Crippen molar-refractivity contribution >= 4 is 63.5 Å². The fourth-order valence-electron chi connectivity index (χ4n) is 7.50. The largest absolute Gasteiger partial charge is 0.443 e. The number of carbonyl (C=O) groups excluding carboxylic acids is 3. The van der Waals surface area contributed by atoms with Gasteiger partial charge in [-0.25, -0.2) is 20.2 Å². The molecule has 14 heteroatoms. The van der Waals surface area contributed by atoms with Crippen LogP contribution in [0.5, 0.6) is 0 Å². The van der Waals surface area contributed by atoms with Crippen LogP contribution >= 0.6 is 23.2 Å². The Kier molecular flexibility index (Phi) is 9.48. The van der Waals surface area contributed by atoms with Crippen molar-refractivity contribution in [1.29, 1.82) is 0 Å². The van der Waals surface area contributed by atoms with Gasteiger partial charge in [-0.2, -0.15) is 0 Å². The first-order valence-electron chi connectivity index (χ1n) is 18.0. The summed E-state index contributed by atoms with van der Waals surface area (Å²) in [5, 5.41) is 5.18. The topological polar surface area (TPSA) is 146 Å². The average molecular weight is 778 g/mol. The van der Waals surface area contributed by atoms with Crippen LogP contribution < -0.4 is 21.1 Å². The summed E-state index contributed by atoms with van der Waals surface area (Å²) < 4.78 is 7.31. The summed E-state index contributed by atoms with van der Waals surface area (Å²) in [4.78, 5) is 54.5. The molecular formula is C41H38Cl2N8O4. The van der Waals surface area contributed by atoms with Gasteiger partial charge in [0, 0.05) is 57.3 Å². The van der Waals surface area contributed by atoms with Gasteiger partial charge < -0.3 is 24.5 Å². The Labute approximate surface area is 327 Å². The summed E-state index contributed by atoms with van der Waals surface area (Å²) >= 11 is 13.1. The number of carbonyl (C=O) groups is 3. The number of pyridine rings is 1. The number of nitrogens with one attached hydrogen (secondary N) is 4. The SMILES string of the molecule is CC(C)(C)OC(=O)NNC(=O)C1CCN(c2ncccc2NC(=O)c2[nH]c3cc(Cl)cc4c3c2-c2c(-c3ccccc3)ncn2C4c2ccc(Cl)cc2)CC1. The average Bonchev–Trinajstić information content (AvgIpc) is 3.77. The number of imidazole rings is 1. The number of nitrogens with zero attached hydrogens (tertiary/aromatic N) is 4. The number of halogens is 2. The molecule has 55 heavy (non-hydrogen) atoms. The lowest BCUT2D eigenvalue weighted by molar-refractivity contribution is -0.126. The molecule has 0 spiro atoms. The van der Waals surface area contributed by atoms with Crippen molar-refractivity contribution in [2.24, 2.45) is 5.92 Å². The zero-order valence-electron chi connectivity index (χ0n) is 30.3. The molecule has 3 aromatic heterocycles. The van der Waals surface area contributed by atoms with Gasteiger partial charge in [-0.05, 0) is 81.1 Å². The Hall–Kier alpha value is -5.85. The lowest BCUT2D eigenvalue weighted by Gasteiger charge is -2.33. The Morgan fingerprint density at radius 1 is 0.891 bits per heavy atom. The van der Waals surface area contributed by atoms with Crippen LogP contribution in [0.3, 0.4) is 0 Å². The molecule has 1 atom stereocenters. The van der Waals surface area contributed by atoms with Crippen molar-refractivity contribution in [3.8, 4) is 22.5 Å². The number of benzene rings is 3. The van der Waals surface area contributed by atoms with E-state index in [4.69, 9.17) is 32.9 Å². The Bertz CT molecular complexity index is 2430. The van der Waals surface area contributed by atoms with E-state index < -0.39 is 11.7 Å². The molecule has 6 aromatic rings. The molecule has 1 saturated heterocycles. The zero-order chi connectivity index (χ0) is 38.4. The van der Waals surface area contributed by atoms with E-state index in [9.17, 15) is 14.4 Å². The first kappa shape index (κ1) is 36.1. The molecule has 0 bridgehead atoms. The summed E-state index contributed by atoms with van der Waals surface area (Å²) in [6.07, 6.45) is 3.80. The van der Waals surface area contributed by atoms with Crippen LogP contribution in [-0.2, 0) is 9.53 Å². The highest BCUT2D eigenvalue weighted by molar-refractivity contribution is 6.32. The summed E-state index contributed by atoms with van der Waals surface area (Å²) in [6, 6.07) is 24.7. The van der Waals surface area contributed by atoms with Gasteiger partial charge in [0.15, 0.2) is 5.82 Å². The van der Waals surface area contributed by atoms with Crippen molar-refractivity contribution in [1.82, 2.24) is 30.4 Å². The maximum absolute atomic E-state index is 14.6. The van der Waals surface area contributed by atoms with Gasteiger partial charge in [0.1, 0.15) is 11.3 Å². The Balaban J connectivity index is 1.11. The Morgan fingerprint density at radius 3 is 2.36 bits per heavy atom. The van der Waals surface area contributed by atoms with E-state index in [2.05, 4.69) is 30.7 Å². The maximum Gasteiger partial charge on any atom is 0.426 e. The number of piperidine rings is 1. The number of fused-ring (bicyclic) bond motifs is 2. The maximum atomic E-state index is 14.6. The standard InChI is InChI=1S/C41H38Cl2N8O4/c1-41(2,3)55-40(54)49-48-38(52)25-15-18-50(19-16-25)37-29(10-7-17-44-37)47-39(53)34-32-31-28(20-27(43)21-30(31)46-34)35(24-11-13-26(42)14-12-24)51-22-45-33(36(32)51)23-8-5-4-6-9-23/h4-14,17,20-22,25,35,46H,15-16,18-19H2,1-3H3,(H,47,53)(H,48,52)(H,49,54). The van der Waals surface area contributed by atoms with Crippen molar-refractivity contribution in [3.05, 3.63) is 118 Å². The molecule has 0 saturated carbocycles. The lowest BCUT2D eigenvalue weighted by Crippen LogP contribution is -2.48. The summed E-state index contributed by atoms with van der Waals surface area (Å²) in [6.45, 7) is 6.26. The molecule has 1 unspecified atom stereocenters. The van der Waals surface area contributed by atoms with Crippen LogP contribution in [0.15, 0.2) is 91.4 Å². The number of hydrogen-bond donors (Lipinski definition) is 4. The number of H-pyrrole nitrogens is 1. The third kappa shape index (κ3) is 7.10. The highest BCUT2D eigenvalue weighted by Gasteiger charge is 2.36. The summed E-state index contributed by atoms with van der Waals surface area (Å²) in [5.74, 6) is -0.386. The molecule has 3 amide bonds. The van der Waals surface area contributed by atoms with Crippen LogP contribution in [0, 0.1) is 5.92 Å². The smallest absolute Gasteiger partial charge is 0.426 e. The van der Waals surface area contributed by atoms with Crippen molar-refractivity contribution in [2.75, 3.05) is 23.3 Å². The molecule has 3 aromatic carbocycles. The zero-order valence-corrected chi connectivity index (χ0v) is 31.8. The number of hydrazine groups is 1. The van der Waals surface area contributed by atoms with Gasteiger partial charge in [0.2, 0.25) is 5.91 Å². The molecule has 8 rings (SSSR count). The van der Waals surface area contributed by atoms with E-state index in [1.165, 1.54) is 0 Å². The molecular weight excluding hydrogens is 739 g/mol. The van der Waals surface area contributed by atoms with Crippen molar-refractivity contribution in [3.63, 3.8) is 0 Å². The van der Waals surface area contributed by atoms with E-state index in [1.807, 2.05) is 84.0 Å². The van der Waals surface area contributed by atoms with E-state index in [0.717, 1.165) is 44.5 Å². The molecule has 12 nitrogen and oxygen atoms in total. The number of rotatable bonds is 6. The van der Waals surface area contributed by atoms with Crippen molar-refractivity contribution in [2.45, 2.75) is 45.3 Å². The minimum Gasteiger partial charge on any atom is -0.443 e. The number of hydrogen-bond acceptors (Lipinski definition) is 7. The number of aromatic amines is 1. The first-order chi connectivity index (χ1) is 26.4. The molecule has 0 radical (unpaired) electrons. The molecule has 2 aliphatic heterocycles. The van der Waals surface area contributed by atoms with E-state index in [-0.39, 0.29) is 23.8 Å². The van der Waals surface area contributed by atoms with Gasteiger partial charge in [0.25, 0.3) is 5.91 Å². The van der Waals surface area contributed by atoms with Crippen LogP contribution in [0.25, 0.3) is 33.4 Å². The third-order valence-corrected chi connectivity index (χ3v) is 10.3. The van der Waals surface area contributed by atoms with Gasteiger partial charge in [0.05, 0.1) is 29.4 Å². The van der Waals surface area contributed by atoms with Gasteiger partial charge in [-0.3, -0.25) is 15.0 Å². The molecule has 280 valence electrons. The second-order valence-corrected chi connectivity index (χ2v) is 15.5. The number of aromatic nitrogens is 4. The van der Waals surface area contributed by atoms with E-state index >= 15 is 0 Å².